The molecule has 1 aromatic rings. The summed E-state index contributed by atoms with van der Waals surface area (Å²) < 4.78 is 39.3. The van der Waals surface area contributed by atoms with Gasteiger partial charge in [0.25, 0.3) is 0 Å². The van der Waals surface area contributed by atoms with Crippen molar-refractivity contribution < 1.29 is 13.2 Å². The Bertz CT molecular complexity index is 540. The van der Waals surface area contributed by atoms with E-state index < -0.39 is 17.6 Å². The molecule has 0 saturated carbocycles. The van der Waals surface area contributed by atoms with Crippen LogP contribution in [0.1, 0.15) is 17.5 Å². The number of hydrogen-bond acceptors (Lipinski definition) is 3. The van der Waals surface area contributed by atoms with Crippen molar-refractivity contribution in [2.24, 2.45) is 5.73 Å². The van der Waals surface area contributed by atoms with Gasteiger partial charge in [-0.05, 0) is 38.7 Å². The molecule has 1 fully saturated rings. The third-order valence-corrected chi connectivity index (χ3v) is 3.86. The fraction of sp³-hybridized carbons (Fsp3) is 0.500. The van der Waals surface area contributed by atoms with Crippen molar-refractivity contribution in [2.75, 3.05) is 32.1 Å². The van der Waals surface area contributed by atoms with Gasteiger partial charge >= 0.3 is 6.18 Å². The number of alkyl halides is 3. The monoisotopic (exact) mass is 300 g/mol. The molecule has 116 valence electrons. The number of anilines is 1. The Morgan fingerprint density at radius 1 is 1.38 bits per heavy atom. The first-order valence-corrected chi connectivity index (χ1v) is 6.67. The van der Waals surface area contributed by atoms with Gasteiger partial charge in [-0.2, -0.15) is 13.2 Å². The van der Waals surface area contributed by atoms with Crippen molar-refractivity contribution in [2.45, 2.75) is 18.6 Å². The number of likely N-dealkylation sites (N-methyl/N-ethyl adjacent to an activating group) is 1. The number of nitrogens with one attached hydrogen (secondary N) is 1. The molecule has 0 aliphatic carbocycles. The maximum atomic E-state index is 13.1. The molecular formula is C14H19F3N4. The van der Waals surface area contributed by atoms with Crippen LogP contribution in [0.2, 0.25) is 0 Å². The van der Waals surface area contributed by atoms with E-state index in [1.54, 1.807) is 6.07 Å². The van der Waals surface area contributed by atoms with Crippen LogP contribution >= 0.6 is 0 Å². The molecule has 1 aliphatic rings. The lowest BCUT2D eigenvalue weighted by Crippen LogP contribution is -2.31. The Labute approximate surface area is 121 Å². The molecule has 0 amide bonds. The average molecular weight is 300 g/mol. The van der Waals surface area contributed by atoms with Crippen molar-refractivity contribution in [3.05, 3.63) is 29.3 Å². The smallest absolute Gasteiger partial charge is 0.384 e. The SMILES string of the molecule is CN(C)C1CCN(c2ccc(C(=N)N)c(C(F)(F)F)c2)C1. The molecule has 2 rings (SSSR count). The number of benzene rings is 1. The van der Waals surface area contributed by atoms with Gasteiger partial charge in [-0.3, -0.25) is 5.41 Å². The standard InChI is InChI=1S/C14H19F3N4/c1-20(2)10-5-6-21(8-10)9-3-4-11(13(18)19)12(7-9)14(15,16)17/h3-4,7,10H,5-6,8H2,1-2H3,(H3,18,19). The average Bonchev–Trinajstić information content (AvgIpc) is 2.86. The minimum atomic E-state index is -4.52. The zero-order valence-electron chi connectivity index (χ0n) is 12.0. The highest BCUT2D eigenvalue weighted by Crippen LogP contribution is 2.35. The van der Waals surface area contributed by atoms with E-state index in [4.69, 9.17) is 11.1 Å². The molecule has 1 heterocycles. The highest BCUT2D eigenvalue weighted by atomic mass is 19.4. The molecule has 1 aliphatic heterocycles. The van der Waals surface area contributed by atoms with Crippen molar-refractivity contribution in [1.29, 1.82) is 5.41 Å². The summed E-state index contributed by atoms with van der Waals surface area (Å²) in [6.45, 7) is 1.42. The topological polar surface area (TPSA) is 56.4 Å². The largest absolute Gasteiger partial charge is 0.417 e. The third kappa shape index (κ3) is 3.29. The molecule has 1 saturated heterocycles. The van der Waals surface area contributed by atoms with E-state index in [1.807, 2.05) is 19.0 Å². The lowest BCUT2D eigenvalue weighted by atomic mass is 10.0. The number of hydrogen-bond donors (Lipinski definition) is 2. The molecule has 1 unspecified atom stereocenters. The fourth-order valence-corrected chi connectivity index (χ4v) is 2.60. The van der Waals surface area contributed by atoms with E-state index in [2.05, 4.69) is 4.90 Å². The van der Waals surface area contributed by atoms with E-state index in [0.29, 0.717) is 18.3 Å². The first kappa shape index (κ1) is 15.6. The van der Waals surface area contributed by atoms with Crippen LogP contribution in [0.3, 0.4) is 0 Å². The normalized spacial score (nSPS) is 19.3. The number of nitrogens with zero attached hydrogens (tertiary/aromatic N) is 2. The zero-order valence-corrected chi connectivity index (χ0v) is 12.0. The maximum Gasteiger partial charge on any atom is 0.417 e. The summed E-state index contributed by atoms with van der Waals surface area (Å²) in [6.07, 6.45) is -3.60. The first-order chi connectivity index (χ1) is 9.70. The summed E-state index contributed by atoms with van der Waals surface area (Å²) >= 11 is 0. The van der Waals surface area contributed by atoms with Gasteiger partial charge in [0.05, 0.1) is 5.56 Å². The zero-order chi connectivity index (χ0) is 15.8. The van der Waals surface area contributed by atoms with Gasteiger partial charge < -0.3 is 15.5 Å². The Morgan fingerprint density at radius 2 is 2.05 bits per heavy atom. The number of halogens is 3. The molecule has 7 heteroatoms. The molecule has 1 atom stereocenters. The van der Waals surface area contributed by atoms with Gasteiger partial charge in [-0.25, -0.2) is 0 Å². The van der Waals surface area contributed by atoms with Crippen molar-refractivity contribution in [1.82, 2.24) is 4.90 Å². The van der Waals surface area contributed by atoms with Crippen molar-refractivity contribution >= 4 is 11.5 Å². The highest BCUT2D eigenvalue weighted by Gasteiger charge is 2.35. The second-order valence-electron chi connectivity index (χ2n) is 5.49. The number of rotatable bonds is 3. The Kier molecular flexibility index (Phi) is 4.13. The number of nitrogen functional groups attached to an aromatic ring is 1. The number of nitrogens with two attached hydrogens (primary N) is 1. The molecule has 0 bridgehead atoms. The lowest BCUT2D eigenvalue weighted by molar-refractivity contribution is -0.137. The van der Waals surface area contributed by atoms with Crippen molar-refractivity contribution in [3.8, 4) is 0 Å². The Balaban J connectivity index is 2.33. The quantitative estimate of drug-likeness (QED) is 0.664. The van der Waals surface area contributed by atoms with E-state index in [9.17, 15) is 13.2 Å². The first-order valence-electron chi connectivity index (χ1n) is 6.67. The van der Waals surface area contributed by atoms with Crippen LogP contribution in [0.5, 0.6) is 0 Å². The van der Waals surface area contributed by atoms with Crippen LogP contribution in [0, 0.1) is 5.41 Å². The van der Waals surface area contributed by atoms with E-state index >= 15 is 0 Å². The predicted molar refractivity (Wildman–Crippen MR) is 76.8 cm³/mol. The van der Waals surface area contributed by atoms with Crippen LogP contribution in [0.25, 0.3) is 0 Å². The second kappa shape index (κ2) is 5.55. The molecule has 4 nitrogen and oxygen atoms in total. The van der Waals surface area contributed by atoms with Crippen molar-refractivity contribution in [3.63, 3.8) is 0 Å². The summed E-state index contributed by atoms with van der Waals surface area (Å²) in [5.74, 6) is -0.568. The molecule has 0 radical (unpaired) electrons. The molecule has 3 N–H and O–H groups in total. The van der Waals surface area contributed by atoms with Crippen LogP contribution in [0.15, 0.2) is 18.2 Å². The summed E-state index contributed by atoms with van der Waals surface area (Å²) in [6, 6.07) is 4.31. The molecular weight excluding hydrogens is 281 g/mol. The van der Waals surface area contributed by atoms with Crippen LogP contribution in [0.4, 0.5) is 18.9 Å². The number of amidine groups is 1. The lowest BCUT2D eigenvalue weighted by Gasteiger charge is -2.23. The van der Waals surface area contributed by atoms with Crippen LogP contribution < -0.4 is 10.6 Å². The maximum absolute atomic E-state index is 13.1. The van der Waals surface area contributed by atoms with Gasteiger partial charge in [0, 0.05) is 30.4 Å². The van der Waals surface area contributed by atoms with Gasteiger partial charge in [-0.1, -0.05) is 0 Å². The third-order valence-electron chi connectivity index (χ3n) is 3.86. The fourth-order valence-electron chi connectivity index (χ4n) is 2.60. The summed E-state index contributed by atoms with van der Waals surface area (Å²) in [7, 11) is 3.93. The van der Waals surface area contributed by atoms with Crippen LogP contribution in [-0.2, 0) is 6.18 Å². The summed E-state index contributed by atoms with van der Waals surface area (Å²) in [5.41, 5.74) is 4.65. The van der Waals surface area contributed by atoms with Gasteiger partial charge in [-0.15, -0.1) is 0 Å². The van der Waals surface area contributed by atoms with Gasteiger partial charge in [0.2, 0.25) is 0 Å². The van der Waals surface area contributed by atoms with Gasteiger partial charge in [0.15, 0.2) is 0 Å². The molecule has 0 aromatic heterocycles. The highest BCUT2D eigenvalue weighted by molar-refractivity contribution is 5.97. The molecule has 1 aromatic carbocycles. The minimum Gasteiger partial charge on any atom is -0.384 e. The van der Waals surface area contributed by atoms with Crippen LogP contribution in [-0.4, -0.2) is 44.0 Å². The van der Waals surface area contributed by atoms with Gasteiger partial charge in [0.1, 0.15) is 5.84 Å². The summed E-state index contributed by atoms with van der Waals surface area (Å²) in [4.78, 5) is 4.01. The molecule has 21 heavy (non-hydrogen) atoms. The molecule has 0 spiro atoms. The predicted octanol–water partition coefficient (Wildman–Crippen LogP) is 2.13. The van der Waals surface area contributed by atoms with E-state index in [-0.39, 0.29) is 5.56 Å². The Hall–Kier alpha value is -1.76. The van der Waals surface area contributed by atoms with E-state index in [0.717, 1.165) is 19.0 Å². The van der Waals surface area contributed by atoms with E-state index in [1.165, 1.54) is 6.07 Å². The summed E-state index contributed by atoms with van der Waals surface area (Å²) in [5, 5.41) is 7.28. The minimum absolute atomic E-state index is 0.269. The Morgan fingerprint density at radius 3 is 2.52 bits per heavy atom. The second-order valence-corrected chi connectivity index (χ2v) is 5.49.